The Morgan fingerprint density at radius 3 is 2.22 bits per heavy atom. The number of nitrogens with zero attached hydrogens (tertiary/aromatic N) is 4. The Labute approximate surface area is 181 Å². The number of benzene rings is 1. The summed E-state index contributed by atoms with van der Waals surface area (Å²) in [6.45, 7) is 1.51. The Hall–Kier alpha value is -3.35. The number of nitro benzene ring substituents is 2. The maximum atomic E-state index is 11.7. The Balaban J connectivity index is 0.000000920. The standard InChI is InChI=1S/C14H17N4O8S.H2O4S/c1-3-27(23,24)26-14-15(2)6-7-16(14)8-9-25-13-5-4-11(17(19)20)10-12(13)18(21)22;1-5(2,3)4/h4-7,10H,3,8-9H2,1-2H3;(H2,1,2,3,4)/q+1;. The fourth-order valence-electron chi connectivity index (χ4n) is 2.10. The summed E-state index contributed by atoms with van der Waals surface area (Å²) in [4.78, 5) is 20.3. The molecular formula is C14H19N4O12S2+. The molecule has 0 amide bonds. The number of ether oxygens (including phenoxy) is 1. The van der Waals surface area contributed by atoms with Crippen molar-refractivity contribution in [1.29, 1.82) is 0 Å². The minimum Gasteiger partial charge on any atom is -0.483 e. The minimum atomic E-state index is -4.67. The molecule has 0 fully saturated rings. The van der Waals surface area contributed by atoms with Crippen molar-refractivity contribution in [2.45, 2.75) is 13.5 Å². The van der Waals surface area contributed by atoms with Crippen molar-refractivity contribution in [3.05, 3.63) is 50.8 Å². The number of hydrogen-bond acceptors (Lipinski definition) is 10. The van der Waals surface area contributed by atoms with Crippen molar-refractivity contribution in [3.8, 4) is 11.8 Å². The van der Waals surface area contributed by atoms with E-state index in [0.717, 1.165) is 18.2 Å². The second-order valence-electron chi connectivity index (χ2n) is 5.78. The number of imidazole rings is 1. The molecular weight excluding hydrogens is 480 g/mol. The molecule has 18 heteroatoms. The van der Waals surface area contributed by atoms with E-state index in [-0.39, 0.29) is 30.7 Å². The van der Waals surface area contributed by atoms with Gasteiger partial charge in [0, 0.05) is 6.07 Å². The highest BCUT2D eigenvalue weighted by Gasteiger charge is 2.24. The largest absolute Gasteiger partial charge is 0.483 e. The predicted octanol–water partition coefficient (Wildman–Crippen LogP) is 0.284. The topological polar surface area (TPSA) is 222 Å². The lowest BCUT2D eigenvalue weighted by molar-refractivity contribution is -0.674. The van der Waals surface area contributed by atoms with Crippen LogP contribution in [0.2, 0.25) is 0 Å². The lowest BCUT2D eigenvalue weighted by Crippen LogP contribution is -2.31. The summed E-state index contributed by atoms with van der Waals surface area (Å²) >= 11 is 0. The maximum absolute atomic E-state index is 11.7. The first-order valence-corrected chi connectivity index (χ1v) is 11.3. The van der Waals surface area contributed by atoms with Gasteiger partial charge in [0.05, 0.1) is 28.7 Å². The van der Waals surface area contributed by atoms with Crippen molar-refractivity contribution in [3.63, 3.8) is 0 Å². The third-order valence-electron chi connectivity index (χ3n) is 3.51. The number of aryl methyl sites for hydroxylation is 1. The number of nitro groups is 2. The minimum absolute atomic E-state index is 0.0543. The monoisotopic (exact) mass is 499 g/mol. The average molecular weight is 499 g/mol. The first-order valence-electron chi connectivity index (χ1n) is 8.37. The fourth-order valence-corrected chi connectivity index (χ4v) is 2.66. The summed E-state index contributed by atoms with van der Waals surface area (Å²) in [6, 6.07) is 3.11. The van der Waals surface area contributed by atoms with E-state index in [0.29, 0.717) is 0 Å². The Morgan fingerprint density at radius 2 is 1.72 bits per heavy atom. The van der Waals surface area contributed by atoms with E-state index < -0.39 is 41.7 Å². The summed E-state index contributed by atoms with van der Waals surface area (Å²) in [6.07, 6.45) is 3.14. The van der Waals surface area contributed by atoms with E-state index in [1.54, 1.807) is 19.4 Å². The zero-order chi connectivity index (χ0) is 24.7. The Morgan fingerprint density at radius 1 is 1.12 bits per heavy atom. The Bertz CT molecular complexity index is 1180. The highest BCUT2D eigenvalue weighted by Crippen LogP contribution is 2.31. The third kappa shape index (κ3) is 8.79. The molecule has 2 aromatic rings. The zero-order valence-electron chi connectivity index (χ0n) is 16.6. The molecule has 0 saturated heterocycles. The lowest BCUT2D eigenvalue weighted by atomic mass is 10.2. The molecule has 0 unspecified atom stereocenters. The van der Waals surface area contributed by atoms with Gasteiger partial charge in [-0.3, -0.25) is 29.3 Å². The van der Waals surface area contributed by atoms with E-state index in [1.165, 1.54) is 16.1 Å². The van der Waals surface area contributed by atoms with Crippen molar-refractivity contribution in [1.82, 2.24) is 4.57 Å². The molecule has 0 bridgehead atoms. The second kappa shape index (κ2) is 10.8. The van der Waals surface area contributed by atoms with Crippen LogP contribution in [0.25, 0.3) is 0 Å². The van der Waals surface area contributed by atoms with Gasteiger partial charge in [-0.1, -0.05) is 0 Å². The van der Waals surface area contributed by atoms with Crippen molar-refractivity contribution in [2.24, 2.45) is 7.05 Å². The SMILES string of the molecule is CCS(=O)(=O)Oc1n(CCOc2ccc([N+](=O)[O-])cc2[N+](=O)[O-])cc[n+]1C.O=S(=O)(O)O. The van der Waals surface area contributed by atoms with E-state index in [4.69, 9.17) is 26.4 Å². The molecule has 2 N–H and O–H groups in total. The zero-order valence-corrected chi connectivity index (χ0v) is 18.2. The second-order valence-corrected chi connectivity index (χ2v) is 8.53. The van der Waals surface area contributed by atoms with E-state index in [1.807, 2.05) is 0 Å². The van der Waals surface area contributed by atoms with E-state index >= 15 is 0 Å². The number of aromatic nitrogens is 2. The maximum Gasteiger partial charge on any atom is 0.471 e. The van der Waals surface area contributed by atoms with Crippen molar-refractivity contribution in [2.75, 3.05) is 12.4 Å². The van der Waals surface area contributed by atoms with Crippen LogP contribution in [0.5, 0.6) is 11.8 Å². The van der Waals surface area contributed by atoms with Crippen LogP contribution in [0.4, 0.5) is 11.4 Å². The van der Waals surface area contributed by atoms with Crippen LogP contribution in [0, 0.1) is 20.2 Å². The molecule has 1 aromatic heterocycles. The quantitative estimate of drug-likeness (QED) is 0.156. The van der Waals surface area contributed by atoms with Gasteiger partial charge >= 0.3 is 32.2 Å². The molecule has 32 heavy (non-hydrogen) atoms. The predicted molar refractivity (Wildman–Crippen MR) is 105 cm³/mol. The van der Waals surface area contributed by atoms with Gasteiger partial charge in [-0.05, 0) is 13.0 Å². The van der Waals surface area contributed by atoms with Crippen molar-refractivity contribution >= 4 is 31.9 Å². The molecule has 178 valence electrons. The molecule has 0 aliphatic rings. The summed E-state index contributed by atoms with van der Waals surface area (Å²) in [5, 5.41) is 21.8. The lowest BCUT2D eigenvalue weighted by Gasteiger charge is -2.07. The van der Waals surface area contributed by atoms with Gasteiger partial charge in [0.2, 0.25) is 0 Å². The van der Waals surface area contributed by atoms with E-state index in [9.17, 15) is 28.6 Å². The molecule has 1 aromatic carbocycles. The first-order chi connectivity index (χ1) is 14.6. The fraction of sp³-hybridized carbons (Fsp3) is 0.357. The highest BCUT2D eigenvalue weighted by atomic mass is 32.3. The van der Waals surface area contributed by atoms with Crippen LogP contribution in [0.1, 0.15) is 6.92 Å². The van der Waals surface area contributed by atoms with Crippen LogP contribution in [0.15, 0.2) is 30.6 Å². The van der Waals surface area contributed by atoms with Gasteiger partial charge in [-0.15, -0.1) is 0 Å². The average Bonchev–Trinajstić information content (AvgIpc) is 2.99. The molecule has 0 radical (unpaired) electrons. The summed E-state index contributed by atoms with van der Waals surface area (Å²) in [7, 11) is -6.80. The number of hydrogen-bond donors (Lipinski definition) is 2. The molecule has 1 heterocycles. The van der Waals surface area contributed by atoms with Crippen LogP contribution >= 0.6 is 0 Å². The van der Waals surface area contributed by atoms with Gasteiger partial charge in [0.15, 0.2) is 5.75 Å². The Kier molecular flexibility index (Phi) is 9.00. The molecule has 0 spiro atoms. The van der Waals surface area contributed by atoms with Gasteiger partial charge in [0.1, 0.15) is 25.5 Å². The molecule has 2 rings (SSSR count). The van der Waals surface area contributed by atoms with Gasteiger partial charge in [0.25, 0.3) is 5.69 Å². The summed E-state index contributed by atoms with van der Waals surface area (Å²) in [5.41, 5.74) is -0.959. The van der Waals surface area contributed by atoms with Crippen LogP contribution in [-0.4, -0.2) is 52.7 Å². The first kappa shape index (κ1) is 26.7. The van der Waals surface area contributed by atoms with Crippen LogP contribution in [0.3, 0.4) is 0 Å². The molecule has 0 aliphatic carbocycles. The van der Waals surface area contributed by atoms with Gasteiger partial charge < -0.3 is 8.92 Å². The normalized spacial score (nSPS) is 11.2. The van der Waals surface area contributed by atoms with E-state index in [2.05, 4.69) is 0 Å². The number of rotatable bonds is 9. The van der Waals surface area contributed by atoms with Crippen LogP contribution < -0.4 is 13.5 Å². The molecule has 0 atom stereocenters. The summed E-state index contributed by atoms with van der Waals surface area (Å²) < 4.78 is 68.2. The molecule has 0 saturated carbocycles. The molecule has 16 nitrogen and oxygen atoms in total. The number of non-ortho nitro benzene ring substituents is 1. The highest BCUT2D eigenvalue weighted by molar-refractivity contribution is 7.87. The van der Waals surface area contributed by atoms with Gasteiger partial charge in [-0.2, -0.15) is 26.0 Å². The van der Waals surface area contributed by atoms with Crippen molar-refractivity contribution < 1.29 is 49.3 Å². The van der Waals surface area contributed by atoms with Crippen LogP contribution in [-0.2, 0) is 34.1 Å². The summed E-state index contributed by atoms with van der Waals surface area (Å²) in [5.74, 6) is -0.338. The smallest absolute Gasteiger partial charge is 0.471 e. The molecule has 0 aliphatic heterocycles. The third-order valence-corrected chi connectivity index (χ3v) is 4.62. The van der Waals surface area contributed by atoms with Gasteiger partial charge in [-0.25, -0.2) is 0 Å².